The maximum Gasteiger partial charge on any atom is 0.153 e. The van der Waals surface area contributed by atoms with Gasteiger partial charge < -0.3 is 10.5 Å². The molecule has 0 aliphatic rings. The summed E-state index contributed by atoms with van der Waals surface area (Å²) in [4.78, 5) is 11.6. The topological polar surface area (TPSA) is 52.3 Å². The van der Waals surface area contributed by atoms with Gasteiger partial charge in [-0.1, -0.05) is 31.5 Å². The van der Waals surface area contributed by atoms with E-state index >= 15 is 0 Å². The quantitative estimate of drug-likeness (QED) is 0.823. The Morgan fingerprint density at radius 1 is 1.29 bits per heavy atom. The Kier molecular flexibility index (Phi) is 5.16. The largest absolute Gasteiger partial charge is 0.493 e. The van der Waals surface area contributed by atoms with Crippen LogP contribution in [0.1, 0.15) is 25.8 Å². The zero-order chi connectivity index (χ0) is 12.8. The Morgan fingerprint density at radius 3 is 2.41 bits per heavy atom. The number of ether oxygens (including phenoxy) is 1. The SMILES string of the molecule is Cc1ccc(OCCC(=O)C(N)C(C)C)cc1. The summed E-state index contributed by atoms with van der Waals surface area (Å²) in [5.74, 6) is 1.04. The van der Waals surface area contributed by atoms with Crippen LogP contribution >= 0.6 is 0 Å². The third kappa shape index (κ3) is 4.57. The normalized spacial score (nSPS) is 12.5. The number of nitrogens with two attached hydrogens (primary N) is 1. The molecule has 0 bridgehead atoms. The van der Waals surface area contributed by atoms with Crippen LogP contribution in [0, 0.1) is 12.8 Å². The lowest BCUT2D eigenvalue weighted by Gasteiger charge is -2.14. The Hall–Kier alpha value is -1.35. The molecule has 1 unspecified atom stereocenters. The molecule has 17 heavy (non-hydrogen) atoms. The maximum atomic E-state index is 11.6. The molecule has 1 rings (SSSR count). The summed E-state index contributed by atoms with van der Waals surface area (Å²) in [5, 5.41) is 0. The van der Waals surface area contributed by atoms with Crippen molar-refractivity contribution in [3.05, 3.63) is 29.8 Å². The van der Waals surface area contributed by atoms with Gasteiger partial charge in [-0.25, -0.2) is 0 Å². The fourth-order valence-corrected chi connectivity index (χ4v) is 1.44. The van der Waals surface area contributed by atoms with Crippen molar-refractivity contribution in [2.75, 3.05) is 6.61 Å². The van der Waals surface area contributed by atoms with E-state index in [4.69, 9.17) is 10.5 Å². The molecule has 0 radical (unpaired) electrons. The molecule has 0 fully saturated rings. The van der Waals surface area contributed by atoms with Crippen LogP contribution in [0.15, 0.2) is 24.3 Å². The molecular weight excluding hydrogens is 214 g/mol. The Morgan fingerprint density at radius 2 is 1.88 bits per heavy atom. The fourth-order valence-electron chi connectivity index (χ4n) is 1.44. The first-order chi connectivity index (χ1) is 8.00. The van der Waals surface area contributed by atoms with E-state index < -0.39 is 0 Å². The maximum absolute atomic E-state index is 11.6. The van der Waals surface area contributed by atoms with Gasteiger partial charge in [-0.15, -0.1) is 0 Å². The molecule has 1 aromatic rings. The van der Waals surface area contributed by atoms with E-state index in [2.05, 4.69) is 0 Å². The average Bonchev–Trinajstić information content (AvgIpc) is 2.30. The first-order valence-corrected chi connectivity index (χ1v) is 5.98. The van der Waals surface area contributed by atoms with Crippen LogP contribution in [-0.4, -0.2) is 18.4 Å². The van der Waals surface area contributed by atoms with Gasteiger partial charge in [-0.05, 0) is 25.0 Å². The fraction of sp³-hybridized carbons (Fsp3) is 0.500. The summed E-state index contributed by atoms with van der Waals surface area (Å²) in [6.07, 6.45) is 0.368. The summed E-state index contributed by atoms with van der Waals surface area (Å²) in [6.45, 7) is 6.31. The van der Waals surface area contributed by atoms with Gasteiger partial charge in [0.05, 0.1) is 12.6 Å². The second-order valence-electron chi connectivity index (χ2n) is 4.65. The molecule has 0 heterocycles. The lowest BCUT2D eigenvalue weighted by Crippen LogP contribution is -2.36. The molecule has 3 nitrogen and oxygen atoms in total. The minimum Gasteiger partial charge on any atom is -0.493 e. The van der Waals surface area contributed by atoms with Crippen LogP contribution in [0.25, 0.3) is 0 Å². The summed E-state index contributed by atoms with van der Waals surface area (Å²) in [5.41, 5.74) is 6.94. The second-order valence-corrected chi connectivity index (χ2v) is 4.65. The predicted molar refractivity (Wildman–Crippen MR) is 69.1 cm³/mol. The number of hydrogen-bond donors (Lipinski definition) is 1. The molecule has 1 atom stereocenters. The number of rotatable bonds is 6. The van der Waals surface area contributed by atoms with Crippen LogP contribution in [0.3, 0.4) is 0 Å². The summed E-state index contributed by atoms with van der Waals surface area (Å²) >= 11 is 0. The summed E-state index contributed by atoms with van der Waals surface area (Å²) in [7, 11) is 0. The van der Waals surface area contributed by atoms with E-state index in [1.165, 1.54) is 5.56 Å². The van der Waals surface area contributed by atoms with E-state index in [1.807, 2.05) is 45.0 Å². The molecule has 1 aromatic carbocycles. The van der Waals surface area contributed by atoms with Crippen molar-refractivity contribution in [2.45, 2.75) is 33.2 Å². The molecule has 0 saturated carbocycles. The van der Waals surface area contributed by atoms with E-state index in [0.717, 1.165) is 5.75 Å². The summed E-state index contributed by atoms with van der Waals surface area (Å²) in [6, 6.07) is 7.40. The molecule has 0 aliphatic heterocycles. The van der Waals surface area contributed by atoms with Gasteiger partial charge in [0.25, 0.3) is 0 Å². The number of hydrogen-bond acceptors (Lipinski definition) is 3. The highest BCUT2D eigenvalue weighted by molar-refractivity contribution is 5.84. The van der Waals surface area contributed by atoms with Crippen molar-refractivity contribution in [1.82, 2.24) is 0 Å². The molecule has 0 spiro atoms. The van der Waals surface area contributed by atoms with Crippen molar-refractivity contribution in [2.24, 2.45) is 11.7 Å². The Bertz CT molecular complexity index is 357. The first-order valence-electron chi connectivity index (χ1n) is 5.98. The molecule has 3 heteroatoms. The van der Waals surface area contributed by atoms with Gasteiger partial charge in [0.15, 0.2) is 5.78 Å². The van der Waals surface area contributed by atoms with Gasteiger partial charge in [-0.3, -0.25) is 4.79 Å². The Balaban J connectivity index is 2.33. The third-order valence-corrected chi connectivity index (χ3v) is 2.73. The average molecular weight is 235 g/mol. The molecule has 94 valence electrons. The number of ketones is 1. The van der Waals surface area contributed by atoms with Crippen LogP contribution in [0.4, 0.5) is 0 Å². The predicted octanol–water partition coefficient (Wildman–Crippen LogP) is 2.32. The van der Waals surface area contributed by atoms with Crippen molar-refractivity contribution >= 4 is 5.78 Å². The lowest BCUT2D eigenvalue weighted by molar-refractivity contribution is -0.121. The van der Waals surface area contributed by atoms with Crippen LogP contribution in [0.2, 0.25) is 0 Å². The number of aryl methyl sites for hydroxylation is 1. The zero-order valence-electron chi connectivity index (χ0n) is 10.8. The lowest BCUT2D eigenvalue weighted by atomic mass is 9.99. The van der Waals surface area contributed by atoms with Crippen LogP contribution < -0.4 is 10.5 Å². The third-order valence-electron chi connectivity index (χ3n) is 2.73. The molecule has 0 aliphatic carbocycles. The van der Waals surface area contributed by atoms with Crippen molar-refractivity contribution in [3.8, 4) is 5.75 Å². The number of Topliss-reactive ketones (excluding diaryl/α,β-unsaturated/α-hetero) is 1. The number of carbonyl (C=O) groups excluding carboxylic acids is 1. The summed E-state index contributed by atoms with van der Waals surface area (Å²) < 4.78 is 5.49. The highest BCUT2D eigenvalue weighted by Crippen LogP contribution is 2.12. The van der Waals surface area contributed by atoms with Crippen molar-refractivity contribution in [3.63, 3.8) is 0 Å². The van der Waals surface area contributed by atoms with E-state index in [9.17, 15) is 4.79 Å². The van der Waals surface area contributed by atoms with Gasteiger partial charge >= 0.3 is 0 Å². The molecule has 0 amide bonds. The van der Waals surface area contributed by atoms with Gasteiger partial charge in [0.2, 0.25) is 0 Å². The highest BCUT2D eigenvalue weighted by atomic mass is 16.5. The van der Waals surface area contributed by atoms with Gasteiger partial charge in [0, 0.05) is 6.42 Å². The number of carbonyl (C=O) groups is 1. The van der Waals surface area contributed by atoms with Crippen LogP contribution in [0.5, 0.6) is 5.75 Å². The standard InChI is InChI=1S/C14H21NO2/c1-10(2)14(15)13(16)8-9-17-12-6-4-11(3)5-7-12/h4-7,10,14H,8-9,15H2,1-3H3. The van der Waals surface area contributed by atoms with E-state index in [-0.39, 0.29) is 17.7 Å². The second kappa shape index (κ2) is 6.40. The van der Waals surface area contributed by atoms with Gasteiger partial charge in [0.1, 0.15) is 5.75 Å². The minimum absolute atomic E-state index is 0.0621. The molecule has 0 saturated heterocycles. The minimum atomic E-state index is -0.378. The molecule has 2 N–H and O–H groups in total. The van der Waals surface area contributed by atoms with Gasteiger partial charge in [-0.2, -0.15) is 0 Å². The first kappa shape index (κ1) is 13.7. The Labute approximate surface area is 103 Å². The highest BCUT2D eigenvalue weighted by Gasteiger charge is 2.16. The monoisotopic (exact) mass is 235 g/mol. The zero-order valence-corrected chi connectivity index (χ0v) is 10.8. The molecule has 0 aromatic heterocycles. The number of benzene rings is 1. The van der Waals surface area contributed by atoms with Crippen molar-refractivity contribution in [1.29, 1.82) is 0 Å². The van der Waals surface area contributed by atoms with E-state index in [0.29, 0.717) is 13.0 Å². The van der Waals surface area contributed by atoms with Crippen molar-refractivity contribution < 1.29 is 9.53 Å². The van der Waals surface area contributed by atoms with Crippen LogP contribution in [-0.2, 0) is 4.79 Å². The smallest absolute Gasteiger partial charge is 0.153 e. The van der Waals surface area contributed by atoms with E-state index in [1.54, 1.807) is 0 Å². The molecular formula is C14H21NO2.